The van der Waals surface area contributed by atoms with Gasteiger partial charge in [0.25, 0.3) is 0 Å². The van der Waals surface area contributed by atoms with Crippen LogP contribution in [0.15, 0.2) is 197 Å². The average Bonchev–Trinajstić information content (AvgIpc) is 3.67. The third-order valence-corrected chi connectivity index (χ3v) is 11.8. The topological polar surface area (TPSA) is 25.5 Å². The van der Waals surface area contributed by atoms with E-state index in [2.05, 4.69) is 196 Å². The van der Waals surface area contributed by atoms with E-state index in [1.165, 1.54) is 54.9 Å². The van der Waals surface area contributed by atoms with Crippen LogP contribution in [0.4, 0.5) is 0 Å². The van der Waals surface area contributed by atoms with Gasteiger partial charge in [0.1, 0.15) is 11.2 Å². The fraction of sp³-hybridized carbons (Fsp3) is 0.109. The Kier molecular flexibility index (Phi) is 8.96. The van der Waals surface area contributed by atoms with Crippen molar-refractivity contribution in [2.45, 2.75) is 33.1 Å². The number of fused-ring (bicyclic) bond motifs is 5. The van der Waals surface area contributed by atoms with Gasteiger partial charge in [-0.3, -0.25) is 4.99 Å². The molecule has 10 rings (SSSR count). The van der Waals surface area contributed by atoms with Gasteiger partial charge in [-0.15, -0.1) is 0 Å². The highest BCUT2D eigenvalue weighted by atomic mass is 16.3. The number of furan rings is 1. The zero-order chi connectivity index (χ0) is 38.3. The van der Waals surface area contributed by atoms with Crippen molar-refractivity contribution in [3.63, 3.8) is 0 Å². The highest BCUT2D eigenvalue weighted by Gasteiger charge is 2.22. The summed E-state index contributed by atoms with van der Waals surface area (Å²) in [6, 6.07) is 63.5. The summed E-state index contributed by atoms with van der Waals surface area (Å²) >= 11 is 0. The molecule has 1 aromatic heterocycles. The Balaban J connectivity index is 1.15. The third-order valence-electron chi connectivity index (χ3n) is 11.8. The van der Waals surface area contributed by atoms with Crippen molar-refractivity contribution < 1.29 is 4.42 Å². The van der Waals surface area contributed by atoms with Gasteiger partial charge in [0.15, 0.2) is 0 Å². The lowest BCUT2D eigenvalue weighted by atomic mass is 9.84. The van der Waals surface area contributed by atoms with E-state index >= 15 is 0 Å². The fourth-order valence-corrected chi connectivity index (χ4v) is 8.85. The summed E-state index contributed by atoms with van der Waals surface area (Å²) in [6.45, 7) is 4.62. The summed E-state index contributed by atoms with van der Waals surface area (Å²) in [6.07, 6.45) is 5.16. The number of benzene rings is 8. The Morgan fingerprint density at radius 2 is 1.12 bits per heavy atom. The van der Waals surface area contributed by atoms with E-state index < -0.39 is 0 Å². The monoisotopic (exact) mass is 733 g/mol. The van der Waals surface area contributed by atoms with Crippen molar-refractivity contribution in [1.82, 2.24) is 0 Å². The van der Waals surface area contributed by atoms with Gasteiger partial charge in [0, 0.05) is 28.0 Å². The maximum absolute atomic E-state index is 6.70. The first kappa shape index (κ1) is 34.7. The molecule has 0 spiro atoms. The van der Waals surface area contributed by atoms with Crippen LogP contribution in [0.3, 0.4) is 0 Å². The van der Waals surface area contributed by atoms with Gasteiger partial charge >= 0.3 is 0 Å². The highest BCUT2D eigenvalue weighted by molar-refractivity contribution is 6.13. The van der Waals surface area contributed by atoms with Crippen LogP contribution in [-0.4, -0.2) is 5.71 Å². The minimum Gasteiger partial charge on any atom is -0.456 e. The van der Waals surface area contributed by atoms with Crippen LogP contribution in [-0.2, 0) is 0 Å². The molecule has 1 aliphatic heterocycles. The van der Waals surface area contributed by atoms with Crippen LogP contribution < -0.4 is 0 Å². The van der Waals surface area contributed by atoms with Gasteiger partial charge in [-0.1, -0.05) is 158 Å². The minimum atomic E-state index is 0.184. The van der Waals surface area contributed by atoms with Crippen LogP contribution in [0.1, 0.15) is 49.8 Å². The molecule has 2 heterocycles. The molecule has 0 radical (unpaired) electrons. The van der Waals surface area contributed by atoms with E-state index in [0.717, 1.165) is 69.3 Å². The Morgan fingerprint density at radius 1 is 0.509 bits per heavy atom. The summed E-state index contributed by atoms with van der Waals surface area (Å²) in [7, 11) is 0. The number of hydrogen-bond donors (Lipinski definition) is 0. The first-order valence-corrected chi connectivity index (χ1v) is 20.2. The van der Waals surface area contributed by atoms with Gasteiger partial charge < -0.3 is 4.42 Å². The lowest BCUT2D eigenvalue weighted by Crippen LogP contribution is -2.03. The van der Waals surface area contributed by atoms with Crippen LogP contribution in [0.25, 0.3) is 77.0 Å². The van der Waals surface area contributed by atoms with Crippen molar-refractivity contribution in [1.29, 1.82) is 0 Å². The average molecular weight is 734 g/mol. The number of aliphatic imine (C=N–C) groups is 1. The molecule has 8 aromatic carbocycles. The van der Waals surface area contributed by atoms with Crippen LogP contribution >= 0.6 is 0 Å². The molecule has 274 valence electrons. The Hall–Kier alpha value is -6.77. The lowest BCUT2D eigenvalue weighted by Gasteiger charge is -2.20. The fourth-order valence-electron chi connectivity index (χ4n) is 8.85. The van der Waals surface area contributed by atoms with Gasteiger partial charge in [0.2, 0.25) is 0 Å². The molecule has 0 N–H and O–H groups in total. The van der Waals surface area contributed by atoms with Crippen molar-refractivity contribution >= 4 is 60.5 Å². The van der Waals surface area contributed by atoms with Gasteiger partial charge in [-0.05, 0) is 123 Å². The first-order valence-electron chi connectivity index (χ1n) is 20.2. The van der Waals surface area contributed by atoms with Crippen molar-refractivity contribution in [3.05, 3.63) is 204 Å². The maximum atomic E-state index is 6.70. The highest BCUT2D eigenvalue weighted by Crippen LogP contribution is 2.41. The normalized spacial score (nSPS) is 18.2. The SMILES string of the molecule is CCC1/C=C(c2cccc3oc4cc(-c5ccc6ccccc6c5)ccc4c23)\N=C(\c2ccc3ccc(-c4ccccc4)cc3c2)CC/C(C)=C/1c1ccccc1. The minimum absolute atomic E-state index is 0.184. The second-order valence-electron chi connectivity index (χ2n) is 15.4. The first-order chi connectivity index (χ1) is 28.1. The molecule has 0 saturated carbocycles. The molecule has 2 heteroatoms. The zero-order valence-corrected chi connectivity index (χ0v) is 32.4. The van der Waals surface area contributed by atoms with E-state index in [9.17, 15) is 0 Å². The summed E-state index contributed by atoms with van der Waals surface area (Å²) in [5.74, 6) is 0.184. The Morgan fingerprint density at radius 3 is 1.89 bits per heavy atom. The van der Waals surface area contributed by atoms with E-state index in [1.54, 1.807) is 0 Å². The third kappa shape index (κ3) is 6.58. The molecular formula is C55H43NO. The molecular weight excluding hydrogens is 691 g/mol. The quantitative estimate of drug-likeness (QED) is 0.167. The number of rotatable bonds is 6. The van der Waals surface area contributed by atoms with Crippen molar-refractivity contribution in [3.8, 4) is 22.3 Å². The summed E-state index contributed by atoms with van der Waals surface area (Å²) in [5, 5.41) is 7.12. The zero-order valence-electron chi connectivity index (χ0n) is 32.4. The van der Waals surface area contributed by atoms with E-state index in [0.29, 0.717) is 0 Å². The molecule has 2 nitrogen and oxygen atoms in total. The second-order valence-corrected chi connectivity index (χ2v) is 15.4. The predicted molar refractivity (Wildman–Crippen MR) is 243 cm³/mol. The van der Waals surface area contributed by atoms with Crippen molar-refractivity contribution in [2.75, 3.05) is 0 Å². The van der Waals surface area contributed by atoms with Crippen molar-refractivity contribution in [2.24, 2.45) is 10.9 Å². The summed E-state index contributed by atoms with van der Waals surface area (Å²) < 4.78 is 6.70. The largest absolute Gasteiger partial charge is 0.456 e. The summed E-state index contributed by atoms with van der Waals surface area (Å²) in [5.41, 5.74) is 15.0. The maximum Gasteiger partial charge on any atom is 0.136 e. The molecule has 0 fully saturated rings. The predicted octanol–water partition coefficient (Wildman–Crippen LogP) is 15.4. The van der Waals surface area contributed by atoms with E-state index in [1.807, 2.05) is 0 Å². The molecule has 0 saturated heterocycles. The van der Waals surface area contributed by atoms with Crippen LogP contribution in [0.2, 0.25) is 0 Å². The summed E-state index contributed by atoms with van der Waals surface area (Å²) in [4.78, 5) is 5.72. The second kappa shape index (κ2) is 14.7. The lowest BCUT2D eigenvalue weighted by molar-refractivity contribution is 0.669. The molecule has 9 aromatic rings. The van der Waals surface area contributed by atoms with E-state index in [-0.39, 0.29) is 5.92 Å². The Labute approximate surface area is 334 Å². The molecule has 57 heavy (non-hydrogen) atoms. The smallest absolute Gasteiger partial charge is 0.136 e. The molecule has 1 aliphatic rings. The van der Waals surface area contributed by atoms with E-state index in [4.69, 9.17) is 9.41 Å². The van der Waals surface area contributed by atoms with Gasteiger partial charge in [-0.2, -0.15) is 0 Å². The molecule has 0 amide bonds. The molecule has 1 unspecified atom stereocenters. The molecule has 1 atom stereocenters. The number of hydrogen-bond acceptors (Lipinski definition) is 2. The Bertz CT molecular complexity index is 3050. The number of nitrogens with zero attached hydrogens (tertiary/aromatic N) is 1. The number of allylic oxidation sites excluding steroid dienone is 3. The molecule has 0 bridgehead atoms. The van der Waals surface area contributed by atoms with Crippen LogP contribution in [0.5, 0.6) is 0 Å². The van der Waals surface area contributed by atoms with Gasteiger partial charge in [0.05, 0.1) is 5.70 Å². The standard InChI is InChI=1S/C55H43NO/c1-3-37-34-51(48-19-12-20-52-55(48)49-29-28-45(35-53(49)57-52)44-26-22-39-15-10-11-18-42(39)31-44)56-50(30-21-36(2)54(37)41-16-8-5-9-17-41)46-27-24-40-23-25-43(32-47(40)33-46)38-13-6-4-7-14-38/h4-20,22-29,31-35,37H,3,21,30H2,1-2H3/b51-34-,54-36-,56-50+. The van der Waals surface area contributed by atoms with Crippen LogP contribution in [0, 0.1) is 5.92 Å². The van der Waals surface area contributed by atoms with Gasteiger partial charge in [-0.25, -0.2) is 0 Å². The molecule has 0 aliphatic carbocycles.